The molecule has 0 saturated carbocycles. The Balaban J connectivity index is 2.17. The van der Waals surface area contributed by atoms with Gasteiger partial charge in [-0.05, 0) is 23.9 Å². The predicted octanol–water partition coefficient (Wildman–Crippen LogP) is 1.74. The number of hydrogen-bond donors (Lipinski definition) is 1. The molecular formula is C11H12N2O2S2. The molecular weight excluding hydrogens is 256 g/mol. The summed E-state index contributed by atoms with van der Waals surface area (Å²) in [7, 11) is -3.33. The molecule has 90 valence electrons. The van der Waals surface area contributed by atoms with Gasteiger partial charge >= 0.3 is 0 Å². The molecule has 0 amide bonds. The normalized spacial score (nSPS) is 11.5. The van der Waals surface area contributed by atoms with E-state index in [0.717, 1.165) is 4.88 Å². The predicted molar refractivity (Wildman–Crippen MR) is 68.7 cm³/mol. The highest BCUT2D eigenvalue weighted by atomic mass is 32.2. The number of sulfone groups is 1. The molecule has 0 fully saturated rings. The summed E-state index contributed by atoms with van der Waals surface area (Å²) in [6.07, 6.45) is 3.31. The first-order chi connectivity index (χ1) is 8.09. The van der Waals surface area contributed by atoms with Gasteiger partial charge in [-0.15, -0.1) is 11.3 Å². The van der Waals surface area contributed by atoms with E-state index in [2.05, 4.69) is 4.98 Å². The number of nitrogens with zero attached hydrogens (tertiary/aromatic N) is 1. The van der Waals surface area contributed by atoms with Gasteiger partial charge in [-0.3, -0.25) is 4.98 Å². The number of rotatable bonds is 4. The van der Waals surface area contributed by atoms with Gasteiger partial charge in [0.2, 0.25) is 0 Å². The minimum absolute atomic E-state index is 0.0712. The van der Waals surface area contributed by atoms with Crippen LogP contribution < -0.4 is 5.73 Å². The Morgan fingerprint density at radius 3 is 2.82 bits per heavy atom. The van der Waals surface area contributed by atoms with Crippen molar-refractivity contribution in [3.8, 4) is 0 Å². The molecule has 0 aromatic carbocycles. The first-order valence-electron chi connectivity index (χ1n) is 5.04. The van der Waals surface area contributed by atoms with Crippen LogP contribution in [0.4, 0.5) is 5.69 Å². The monoisotopic (exact) mass is 268 g/mol. The van der Waals surface area contributed by atoms with Gasteiger partial charge in [0.15, 0.2) is 9.84 Å². The third-order valence-corrected chi connectivity index (χ3v) is 5.06. The second-order valence-corrected chi connectivity index (χ2v) is 6.67. The fourth-order valence-corrected chi connectivity index (χ4v) is 3.70. The van der Waals surface area contributed by atoms with E-state index in [1.807, 2.05) is 17.5 Å². The fraction of sp³-hybridized carbons (Fsp3) is 0.182. The third-order valence-electron chi connectivity index (χ3n) is 2.34. The number of anilines is 1. The Kier molecular flexibility index (Phi) is 3.44. The minimum atomic E-state index is -3.33. The van der Waals surface area contributed by atoms with Gasteiger partial charge in [-0.25, -0.2) is 8.42 Å². The number of thiophene rings is 1. The van der Waals surface area contributed by atoms with Gasteiger partial charge in [-0.2, -0.15) is 0 Å². The van der Waals surface area contributed by atoms with Crippen LogP contribution in [0.2, 0.25) is 0 Å². The van der Waals surface area contributed by atoms with Gasteiger partial charge in [0, 0.05) is 11.1 Å². The van der Waals surface area contributed by atoms with Gasteiger partial charge in [-0.1, -0.05) is 6.07 Å². The number of aryl methyl sites for hydroxylation is 1. The molecule has 6 heteroatoms. The molecule has 4 nitrogen and oxygen atoms in total. The van der Waals surface area contributed by atoms with Crippen LogP contribution in [0.25, 0.3) is 0 Å². The number of nitrogen functional groups attached to an aromatic ring is 1. The van der Waals surface area contributed by atoms with Crippen molar-refractivity contribution in [2.24, 2.45) is 0 Å². The quantitative estimate of drug-likeness (QED) is 0.916. The van der Waals surface area contributed by atoms with E-state index in [9.17, 15) is 8.42 Å². The van der Waals surface area contributed by atoms with E-state index in [1.165, 1.54) is 18.5 Å². The molecule has 0 aliphatic rings. The maximum atomic E-state index is 12.0. The van der Waals surface area contributed by atoms with E-state index < -0.39 is 9.84 Å². The first-order valence-corrected chi connectivity index (χ1v) is 7.57. The van der Waals surface area contributed by atoms with Crippen molar-refractivity contribution in [3.63, 3.8) is 0 Å². The first kappa shape index (κ1) is 12.1. The van der Waals surface area contributed by atoms with Gasteiger partial charge < -0.3 is 5.73 Å². The summed E-state index contributed by atoms with van der Waals surface area (Å²) in [5.74, 6) is 0.0712. The van der Waals surface area contributed by atoms with Crippen molar-refractivity contribution in [2.45, 2.75) is 11.3 Å². The zero-order chi connectivity index (χ0) is 12.3. The maximum Gasteiger partial charge on any atom is 0.180 e. The SMILES string of the molecule is Nc1cnccc1S(=O)(=O)CCc1cccs1. The number of pyridine rings is 1. The molecule has 0 saturated heterocycles. The molecule has 0 aliphatic heterocycles. The largest absolute Gasteiger partial charge is 0.396 e. The molecule has 0 spiro atoms. The van der Waals surface area contributed by atoms with Crippen LogP contribution in [0.5, 0.6) is 0 Å². The van der Waals surface area contributed by atoms with Crippen molar-refractivity contribution >= 4 is 26.9 Å². The van der Waals surface area contributed by atoms with Crippen LogP contribution in [0, 0.1) is 0 Å². The van der Waals surface area contributed by atoms with Crippen LogP contribution in [0.3, 0.4) is 0 Å². The van der Waals surface area contributed by atoms with Gasteiger partial charge in [0.05, 0.1) is 22.5 Å². The molecule has 2 rings (SSSR count). The Morgan fingerprint density at radius 1 is 1.35 bits per heavy atom. The summed E-state index contributed by atoms with van der Waals surface area (Å²) in [5, 5.41) is 1.93. The average molecular weight is 268 g/mol. The highest BCUT2D eigenvalue weighted by Gasteiger charge is 2.17. The molecule has 0 aliphatic carbocycles. The summed E-state index contributed by atoms with van der Waals surface area (Å²) in [6, 6.07) is 5.28. The maximum absolute atomic E-state index is 12.0. The molecule has 0 atom stereocenters. The van der Waals surface area contributed by atoms with Crippen molar-refractivity contribution in [3.05, 3.63) is 40.8 Å². The second kappa shape index (κ2) is 4.85. The Labute approximate surface area is 104 Å². The Morgan fingerprint density at radius 2 is 2.18 bits per heavy atom. The number of nitrogens with two attached hydrogens (primary N) is 1. The van der Waals surface area contributed by atoms with E-state index in [-0.39, 0.29) is 16.3 Å². The smallest absolute Gasteiger partial charge is 0.180 e. The van der Waals surface area contributed by atoms with E-state index >= 15 is 0 Å². The zero-order valence-corrected chi connectivity index (χ0v) is 10.7. The Bertz CT molecular complexity index is 592. The second-order valence-electron chi connectivity index (χ2n) is 3.56. The highest BCUT2D eigenvalue weighted by molar-refractivity contribution is 7.91. The fourth-order valence-electron chi connectivity index (χ4n) is 1.48. The number of hydrogen-bond acceptors (Lipinski definition) is 5. The lowest BCUT2D eigenvalue weighted by Gasteiger charge is -2.05. The van der Waals surface area contributed by atoms with Crippen LogP contribution >= 0.6 is 11.3 Å². The molecule has 0 bridgehead atoms. The standard InChI is InChI=1S/C11H12N2O2S2/c12-10-8-13-5-3-11(10)17(14,15)7-4-9-2-1-6-16-9/h1-3,5-6,8H,4,7,12H2. The summed E-state index contributed by atoms with van der Waals surface area (Å²) in [5.41, 5.74) is 5.82. The average Bonchev–Trinajstić information content (AvgIpc) is 2.80. The van der Waals surface area contributed by atoms with Crippen LogP contribution in [-0.4, -0.2) is 19.2 Å². The topological polar surface area (TPSA) is 73.0 Å². The van der Waals surface area contributed by atoms with Gasteiger partial charge in [0.1, 0.15) is 0 Å². The lowest BCUT2D eigenvalue weighted by Crippen LogP contribution is -2.11. The van der Waals surface area contributed by atoms with Crippen molar-refractivity contribution < 1.29 is 8.42 Å². The molecule has 2 heterocycles. The third kappa shape index (κ3) is 2.83. The summed E-state index contributed by atoms with van der Waals surface area (Å²) in [6.45, 7) is 0. The molecule has 2 N–H and O–H groups in total. The van der Waals surface area contributed by atoms with Crippen molar-refractivity contribution in [2.75, 3.05) is 11.5 Å². The summed E-state index contributed by atoms with van der Waals surface area (Å²) < 4.78 is 24.1. The van der Waals surface area contributed by atoms with Crippen molar-refractivity contribution in [1.29, 1.82) is 0 Å². The molecule has 0 unspecified atom stereocenters. The van der Waals surface area contributed by atoms with Crippen molar-refractivity contribution in [1.82, 2.24) is 4.98 Å². The van der Waals surface area contributed by atoms with E-state index in [1.54, 1.807) is 11.3 Å². The molecule has 2 aromatic rings. The van der Waals surface area contributed by atoms with Crippen LogP contribution in [-0.2, 0) is 16.3 Å². The summed E-state index contributed by atoms with van der Waals surface area (Å²) >= 11 is 1.55. The minimum Gasteiger partial charge on any atom is -0.396 e. The summed E-state index contributed by atoms with van der Waals surface area (Å²) in [4.78, 5) is 5.01. The van der Waals surface area contributed by atoms with Crippen LogP contribution in [0.15, 0.2) is 40.9 Å². The zero-order valence-electron chi connectivity index (χ0n) is 9.04. The van der Waals surface area contributed by atoms with Crippen LogP contribution in [0.1, 0.15) is 4.88 Å². The lowest BCUT2D eigenvalue weighted by atomic mass is 10.4. The van der Waals surface area contributed by atoms with Gasteiger partial charge in [0.25, 0.3) is 0 Å². The molecule has 2 aromatic heterocycles. The molecule has 17 heavy (non-hydrogen) atoms. The highest BCUT2D eigenvalue weighted by Crippen LogP contribution is 2.19. The Hall–Kier alpha value is -1.40. The van der Waals surface area contributed by atoms with E-state index in [0.29, 0.717) is 6.42 Å². The van der Waals surface area contributed by atoms with E-state index in [4.69, 9.17) is 5.73 Å². The number of aromatic nitrogens is 1. The lowest BCUT2D eigenvalue weighted by molar-refractivity contribution is 0.595. The molecule has 0 radical (unpaired) electrons.